The largest absolute Gasteiger partial charge is 0.481 e. The molecular weight excluding hydrogens is 358 g/mol. The van der Waals surface area contributed by atoms with E-state index in [0.717, 1.165) is 6.07 Å². The first-order chi connectivity index (χ1) is 13.0. The molecule has 2 aromatic rings. The molecule has 1 aromatic heterocycles. The first kappa shape index (κ1) is 19.0. The van der Waals surface area contributed by atoms with E-state index in [1.807, 2.05) is 4.90 Å². The van der Waals surface area contributed by atoms with Gasteiger partial charge in [0.05, 0.1) is 13.0 Å². The molecule has 1 saturated heterocycles. The molecule has 1 aliphatic rings. The summed E-state index contributed by atoms with van der Waals surface area (Å²) in [7, 11) is 0. The van der Waals surface area contributed by atoms with Gasteiger partial charge in [-0.3, -0.25) is 19.2 Å². The highest BCUT2D eigenvalue weighted by molar-refractivity contribution is 5.92. The molecule has 3 rings (SSSR count). The minimum absolute atomic E-state index is 0.116. The van der Waals surface area contributed by atoms with E-state index in [9.17, 15) is 18.4 Å². The Labute approximate surface area is 154 Å². The number of carbonyl (C=O) groups is 2. The maximum absolute atomic E-state index is 13.8. The van der Waals surface area contributed by atoms with E-state index in [1.165, 1.54) is 16.9 Å². The van der Waals surface area contributed by atoms with Crippen LogP contribution in [-0.2, 0) is 17.9 Å². The van der Waals surface area contributed by atoms with Crippen molar-refractivity contribution in [3.05, 3.63) is 53.4 Å². The van der Waals surface area contributed by atoms with Gasteiger partial charge in [0.25, 0.3) is 5.91 Å². The van der Waals surface area contributed by atoms with Gasteiger partial charge in [0.1, 0.15) is 5.69 Å². The van der Waals surface area contributed by atoms with Crippen molar-refractivity contribution in [1.29, 1.82) is 0 Å². The van der Waals surface area contributed by atoms with Crippen molar-refractivity contribution in [2.24, 2.45) is 0 Å². The highest BCUT2D eigenvalue weighted by atomic mass is 19.2. The topological polar surface area (TPSA) is 78.7 Å². The molecule has 1 N–H and O–H groups in total. The average Bonchev–Trinajstić information content (AvgIpc) is 3.12. The fourth-order valence-electron chi connectivity index (χ4n) is 3.08. The van der Waals surface area contributed by atoms with Crippen LogP contribution in [0.1, 0.15) is 22.5 Å². The van der Waals surface area contributed by atoms with Gasteiger partial charge in [0.2, 0.25) is 0 Å². The predicted molar refractivity (Wildman–Crippen MR) is 92.0 cm³/mol. The summed E-state index contributed by atoms with van der Waals surface area (Å²) in [5.41, 5.74) is 0.641. The van der Waals surface area contributed by atoms with Gasteiger partial charge in [0, 0.05) is 44.5 Å². The van der Waals surface area contributed by atoms with Crippen LogP contribution < -0.4 is 0 Å². The van der Waals surface area contributed by atoms with Gasteiger partial charge in [-0.25, -0.2) is 8.78 Å². The van der Waals surface area contributed by atoms with Gasteiger partial charge in [0.15, 0.2) is 11.6 Å². The third kappa shape index (κ3) is 4.48. The lowest BCUT2D eigenvalue weighted by Crippen LogP contribution is -2.48. The summed E-state index contributed by atoms with van der Waals surface area (Å²) in [5, 5.41) is 12.8. The van der Waals surface area contributed by atoms with Crippen molar-refractivity contribution >= 4 is 11.9 Å². The molecule has 0 atom stereocenters. The lowest BCUT2D eigenvalue weighted by molar-refractivity contribution is -0.137. The number of nitrogens with zero attached hydrogens (tertiary/aromatic N) is 4. The van der Waals surface area contributed by atoms with Gasteiger partial charge in [-0.05, 0) is 12.1 Å². The van der Waals surface area contributed by atoms with Crippen LogP contribution in [0.5, 0.6) is 0 Å². The van der Waals surface area contributed by atoms with E-state index >= 15 is 0 Å². The normalized spacial score (nSPS) is 15.1. The molecule has 0 spiro atoms. The highest BCUT2D eigenvalue weighted by Crippen LogP contribution is 2.16. The van der Waals surface area contributed by atoms with Crippen LogP contribution in [0.2, 0.25) is 0 Å². The summed E-state index contributed by atoms with van der Waals surface area (Å²) in [6.07, 6.45) is 1.35. The molecule has 0 unspecified atom stereocenters. The number of aromatic nitrogens is 2. The molecule has 0 saturated carbocycles. The average molecular weight is 378 g/mol. The first-order valence-electron chi connectivity index (χ1n) is 8.64. The lowest BCUT2D eigenvalue weighted by Gasteiger charge is -2.34. The molecule has 1 fully saturated rings. The third-order valence-electron chi connectivity index (χ3n) is 4.56. The van der Waals surface area contributed by atoms with Crippen LogP contribution in [-0.4, -0.2) is 62.7 Å². The summed E-state index contributed by atoms with van der Waals surface area (Å²) < 4.78 is 28.5. The maximum atomic E-state index is 13.8. The van der Waals surface area contributed by atoms with Crippen LogP contribution in [0, 0.1) is 11.6 Å². The van der Waals surface area contributed by atoms with Crippen LogP contribution in [0.25, 0.3) is 0 Å². The smallest absolute Gasteiger partial charge is 0.305 e. The Morgan fingerprint density at radius 2 is 1.85 bits per heavy atom. The number of hydrogen-bond acceptors (Lipinski definition) is 4. The number of carbonyl (C=O) groups excluding carboxylic acids is 1. The predicted octanol–water partition coefficient (Wildman–Crippen LogP) is 1.59. The Kier molecular flexibility index (Phi) is 5.80. The zero-order valence-electron chi connectivity index (χ0n) is 14.6. The molecule has 0 bridgehead atoms. The number of carboxylic acids is 1. The number of halogens is 2. The number of rotatable bonds is 6. The molecule has 7 nitrogen and oxygen atoms in total. The van der Waals surface area contributed by atoms with E-state index in [0.29, 0.717) is 37.4 Å². The molecule has 0 radical (unpaired) electrons. The number of carboxylic acid groups (broad SMARTS) is 1. The van der Waals surface area contributed by atoms with Crippen LogP contribution >= 0.6 is 0 Å². The number of hydrogen-bond donors (Lipinski definition) is 1. The number of piperazine rings is 1. The van der Waals surface area contributed by atoms with Crippen molar-refractivity contribution in [1.82, 2.24) is 19.6 Å². The standard InChI is InChI=1S/C18H20F2N4O3/c19-14-3-1-2-13(17(14)20)12-22-8-10-23(11-9-22)18(27)15-4-6-21-24(15)7-5-16(25)26/h1-4,6H,5,7-12H2,(H,25,26). The molecule has 1 aromatic carbocycles. The molecular formula is C18H20F2N4O3. The van der Waals surface area contributed by atoms with E-state index in [-0.39, 0.29) is 25.4 Å². The minimum Gasteiger partial charge on any atom is -0.481 e. The zero-order valence-corrected chi connectivity index (χ0v) is 14.6. The Hall–Kier alpha value is -2.81. The second-order valence-electron chi connectivity index (χ2n) is 6.36. The Balaban J connectivity index is 1.58. The molecule has 0 aliphatic carbocycles. The minimum atomic E-state index is -0.956. The quantitative estimate of drug-likeness (QED) is 0.826. The van der Waals surface area contributed by atoms with Gasteiger partial charge >= 0.3 is 5.97 Å². The van der Waals surface area contributed by atoms with Gasteiger partial charge in [-0.1, -0.05) is 12.1 Å². The van der Waals surface area contributed by atoms with E-state index < -0.39 is 17.6 Å². The number of amides is 1. The van der Waals surface area contributed by atoms with Crippen LogP contribution in [0.4, 0.5) is 8.78 Å². The van der Waals surface area contributed by atoms with E-state index in [4.69, 9.17) is 5.11 Å². The Morgan fingerprint density at radius 1 is 1.11 bits per heavy atom. The Morgan fingerprint density at radius 3 is 2.56 bits per heavy atom. The summed E-state index contributed by atoms with van der Waals surface area (Å²) in [6.45, 7) is 2.36. The van der Waals surface area contributed by atoms with Gasteiger partial charge < -0.3 is 10.0 Å². The SMILES string of the molecule is O=C(O)CCn1nccc1C(=O)N1CCN(Cc2cccc(F)c2F)CC1. The summed E-state index contributed by atoms with van der Waals surface area (Å²) in [5.74, 6) is -2.87. The van der Waals surface area contributed by atoms with Gasteiger partial charge in [-0.15, -0.1) is 0 Å². The van der Waals surface area contributed by atoms with Crippen molar-refractivity contribution in [3.63, 3.8) is 0 Å². The second kappa shape index (κ2) is 8.26. The molecule has 144 valence electrons. The summed E-state index contributed by atoms with van der Waals surface area (Å²) in [6, 6.07) is 5.68. The molecule has 2 heterocycles. The number of aliphatic carboxylic acids is 1. The summed E-state index contributed by atoms with van der Waals surface area (Å²) >= 11 is 0. The first-order valence-corrected chi connectivity index (χ1v) is 8.64. The number of benzene rings is 1. The van der Waals surface area contributed by atoms with E-state index in [2.05, 4.69) is 5.10 Å². The molecule has 27 heavy (non-hydrogen) atoms. The zero-order chi connectivity index (χ0) is 19.4. The maximum Gasteiger partial charge on any atom is 0.305 e. The van der Waals surface area contributed by atoms with E-state index in [1.54, 1.807) is 17.0 Å². The third-order valence-corrected chi connectivity index (χ3v) is 4.56. The fourth-order valence-corrected chi connectivity index (χ4v) is 3.08. The van der Waals surface area contributed by atoms with Gasteiger partial charge in [-0.2, -0.15) is 5.10 Å². The Bertz CT molecular complexity index is 832. The molecule has 1 amide bonds. The monoisotopic (exact) mass is 378 g/mol. The second-order valence-corrected chi connectivity index (χ2v) is 6.36. The molecule has 9 heteroatoms. The van der Waals surface area contributed by atoms with Crippen molar-refractivity contribution in [3.8, 4) is 0 Å². The van der Waals surface area contributed by atoms with Crippen LogP contribution in [0.15, 0.2) is 30.5 Å². The lowest BCUT2D eigenvalue weighted by atomic mass is 10.1. The fraction of sp³-hybridized carbons (Fsp3) is 0.389. The number of aryl methyl sites for hydroxylation is 1. The molecule has 1 aliphatic heterocycles. The summed E-state index contributed by atoms with van der Waals surface area (Å²) in [4.78, 5) is 27.0. The van der Waals surface area contributed by atoms with Crippen molar-refractivity contribution in [2.75, 3.05) is 26.2 Å². The van der Waals surface area contributed by atoms with Crippen molar-refractivity contribution in [2.45, 2.75) is 19.5 Å². The highest BCUT2D eigenvalue weighted by Gasteiger charge is 2.25. The van der Waals surface area contributed by atoms with Crippen LogP contribution in [0.3, 0.4) is 0 Å². The van der Waals surface area contributed by atoms with Crippen molar-refractivity contribution < 1.29 is 23.5 Å².